The highest BCUT2D eigenvalue weighted by Crippen LogP contribution is 2.37. The van der Waals surface area contributed by atoms with Crippen molar-refractivity contribution in [2.24, 2.45) is 0 Å². The zero-order valence-electron chi connectivity index (χ0n) is 31.5. The zero-order valence-corrected chi connectivity index (χ0v) is 32.3. The fourth-order valence-electron chi connectivity index (χ4n) is 6.70. The fraction of sp³-hybridized carbons (Fsp3) is 0.405. The van der Waals surface area contributed by atoms with E-state index in [1.54, 1.807) is 24.4 Å². The first kappa shape index (κ1) is 41.4. The highest BCUT2D eigenvalue weighted by atomic mass is 35.5. The number of carboxylic acids is 1. The van der Waals surface area contributed by atoms with Gasteiger partial charge in [0.25, 0.3) is 0 Å². The van der Waals surface area contributed by atoms with Gasteiger partial charge in [0.05, 0.1) is 36.5 Å². The molecule has 55 heavy (non-hydrogen) atoms. The number of aromatic nitrogens is 1. The standard InChI is InChI=1S/C42H49ClN4O8/c1-28-32(7-4-8-35(28)36-9-5-10-38(29(36)2)53-16-6-12-46-13-11-34(50)24-46)26-55-40-19-39(54-25-31-17-30(20-44)21-45-22-31)33(18-37(40)43)23-47(14-15-48)42(3,27-49)41(51)52/h4-5,7-10,17-19,21-22,34,48-50H,6,11-16,23-27H2,1-3H3,(H,51,52)/t34-,42?/m1/s1. The molecule has 1 saturated heterocycles. The van der Waals surface area contributed by atoms with Crippen LogP contribution in [0.5, 0.6) is 17.2 Å². The smallest absolute Gasteiger partial charge is 0.326 e. The molecule has 4 N–H and O–H groups in total. The number of aliphatic hydroxyl groups excluding tert-OH is 3. The van der Waals surface area contributed by atoms with Crippen LogP contribution in [-0.2, 0) is 24.6 Å². The number of hydrogen-bond acceptors (Lipinski definition) is 11. The topological polar surface area (TPSA) is 169 Å². The third kappa shape index (κ3) is 10.3. The predicted molar refractivity (Wildman–Crippen MR) is 208 cm³/mol. The van der Waals surface area contributed by atoms with Gasteiger partial charge < -0.3 is 39.5 Å². The van der Waals surface area contributed by atoms with Crippen LogP contribution in [0.3, 0.4) is 0 Å². The average Bonchev–Trinajstić information content (AvgIpc) is 3.60. The molecule has 0 bridgehead atoms. The summed E-state index contributed by atoms with van der Waals surface area (Å²) >= 11 is 6.81. The van der Waals surface area contributed by atoms with E-state index in [1.165, 1.54) is 18.0 Å². The Kier molecular flexibility index (Phi) is 14.5. The summed E-state index contributed by atoms with van der Waals surface area (Å²) in [7, 11) is 0. The van der Waals surface area contributed by atoms with Crippen molar-refractivity contribution < 1.29 is 39.4 Å². The molecule has 0 spiro atoms. The van der Waals surface area contributed by atoms with Gasteiger partial charge in [-0.15, -0.1) is 0 Å². The molecule has 1 aliphatic rings. The minimum atomic E-state index is -1.70. The summed E-state index contributed by atoms with van der Waals surface area (Å²) in [5.41, 5.74) is 4.91. The van der Waals surface area contributed by atoms with Crippen LogP contribution in [0, 0.1) is 25.2 Å². The van der Waals surface area contributed by atoms with E-state index >= 15 is 0 Å². The van der Waals surface area contributed by atoms with Crippen molar-refractivity contribution in [1.82, 2.24) is 14.8 Å². The first-order valence-electron chi connectivity index (χ1n) is 18.3. The van der Waals surface area contributed by atoms with Crippen molar-refractivity contribution in [2.75, 3.05) is 46.0 Å². The van der Waals surface area contributed by atoms with Crippen LogP contribution in [0.1, 0.15) is 53.1 Å². The second-order valence-corrected chi connectivity index (χ2v) is 14.4. The lowest BCUT2D eigenvalue weighted by molar-refractivity contribution is -0.154. The fourth-order valence-corrected chi connectivity index (χ4v) is 6.94. The van der Waals surface area contributed by atoms with Gasteiger partial charge in [-0.3, -0.25) is 14.7 Å². The Morgan fingerprint density at radius 3 is 2.44 bits per heavy atom. The molecule has 0 radical (unpaired) electrons. The summed E-state index contributed by atoms with van der Waals surface area (Å²) in [6.45, 7) is 7.72. The van der Waals surface area contributed by atoms with Gasteiger partial charge in [0.2, 0.25) is 0 Å². The van der Waals surface area contributed by atoms with Gasteiger partial charge in [-0.1, -0.05) is 41.9 Å². The van der Waals surface area contributed by atoms with Crippen LogP contribution < -0.4 is 14.2 Å². The number of benzene rings is 3. The van der Waals surface area contributed by atoms with Crippen molar-refractivity contribution in [1.29, 1.82) is 5.26 Å². The van der Waals surface area contributed by atoms with Crippen LogP contribution in [0.15, 0.2) is 67.0 Å². The van der Waals surface area contributed by atoms with Gasteiger partial charge in [-0.05, 0) is 79.6 Å². The molecular weight excluding hydrogens is 724 g/mol. The van der Waals surface area contributed by atoms with Crippen molar-refractivity contribution >= 4 is 17.6 Å². The Morgan fingerprint density at radius 2 is 1.75 bits per heavy atom. The molecule has 2 atom stereocenters. The zero-order chi connectivity index (χ0) is 39.5. The molecule has 13 heteroatoms. The molecule has 1 aromatic heterocycles. The van der Waals surface area contributed by atoms with Crippen LogP contribution in [-0.4, -0.2) is 98.8 Å². The Labute approximate surface area is 327 Å². The number of carboxylic acid groups (broad SMARTS) is 1. The third-order valence-corrected chi connectivity index (χ3v) is 10.5. The average molecular weight is 773 g/mol. The number of aliphatic carboxylic acids is 1. The lowest BCUT2D eigenvalue weighted by atomic mass is 9.93. The van der Waals surface area contributed by atoms with Gasteiger partial charge in [-0.2, -0.15) is 5.26 Å². The number of ether oxygens (including phenoxy) is 3. The summed E-state index contributed by atoms with van der Waals surface area (Å²) in [5.74, 6) is 0.251. The minimum Gasteiger partial charge on any atom is -0.493 e. The number of likely N-dealkylation sites (tertiary alicyclic amines) is 1. The Morgan fingerprint density at radius 1 is 1.00 bits per heavy atom. The Balaban J connectivity index is 1.36. The monoisotopic (exact) mass is 772 g/mol. The quantitative estimate of drug-likeness (QED) is 0.0884. The van der Waals surface area contributed by atoms with Crippen molar-refractivity contribution in [2.45, 2.75) is 65.0 Å². The Hall–Kier alpha value is -4.74. The van der Waals surface area contributed by atoms with E-state index in [9.17, 15) is 30.5 Å². The van der Waals surface area contributed by atoms with E-state index in [1.807, 2.05) is 31.2 Å². The number of rotatable bonds is 19. The second-order valence-electron chi connectivity index (χ2n) is 14.0. The highest BCUT2D eigenvalue weighted by Gasteiger charge is 2.39. The number of nitrogens with zero attached hydrogens (tertiary/aromatic N) is 4. The van der Waals surface area contributed by atoms with Gasteiger partial charge in [0.15, 0.2) is 0 Å². The molecular formula is C42H49ClN4O8. The first-order chi connectivity index (χ1) is 26.5. The van der Waals surface area contributed by atoms with Crippen LogP contribution >= 0.6 is 11.6 Å². The summed E-state index contributed by atoms with van der Waals surface area (Å²) in [6.07, 6.45) is 4.50. The second kappa shape index (κ2) is 19.2. The summed E-state index contributed by atoms with van der Waals surface area (Å²) in [6, 6.07) is 19.1. The number of hydrogen-bond donors (Lipinski definition) is 4. The maximum Gasteiger partial charge on any atom is 0.326 e. The summed E-state index contributed by atoms with van der Waals surface area (Å²) < 4.78 is 18.8. The minimum absolute atomic E-state index is 0.0262. The predicted octanol–water partition coefficient (Wildman–Crippen LogP) is 5.51. The number of carbonyl (C=O) groups is 1. The molecule has 0 amide bonds. The molecule has 1 unspecified atom stereocenters. The van der Waals surface area contributed by atoms with Gasteiger partial charge in [0, 0.05) is 62.3 Å². The van der Waals surface area contributed by atoms with E-state index in [4.69, 9.17) is 25.8 Å². The van der Waals surface area contributed by atoms with Gasteiger partial charge in [0.1, 0.15) is 42.1 Å². The van der Waals surface area contributed by atoms with E-state index in [0.717, 1.165) is 66.0 Å². The molecule has 3 aromatic carbocycles. The molecule has 1 fully saturated rings. The van der Waals surface area contributed by atoms with Gasteiger partial charge >= 0.3 is 5.97 Å². The lowest BCUT2D eigenvalue weighted by Crippen LogP contribution is -2.55. The number of pyridine rings is 1. The van der Waals surface area contributed by atoms with Crippen LogP contribution in [0.2, 0.25) is 5.02 Å². The largest absolute Gasteiger partial charge is 0.493 e. The SMILES string of the molecule is Cc1c(COc2cc(OCc3cncc(C#N)c3)c(CN(CCO)C(C)(CO)C(=O)O)cc2Cl)cccc1-c1cccc(OCCCN2CC[C@@H](O)C2)c1C. The maximum absolute atomic E-state index is 12.2. The van der Waals surface area contributed by atoms with E-state index in [2.05, 4.69) is 35.0 Å². The van der Waals surface area contributed by atoms with Crippen molar-refractivity contribution in [3.63, 3.8) is 0 Å². The molecule has 5 rings (SSSR count). The third-order valence-electron chi connectivity index (χ3n) is 10.2. The molecule has 2 heterocycles. The number of β-amino-alcohol motifs (C(OH)–C–C–N with tert-alkyl or cyclic N) is 2. The number of aliphatic hydroxyl groups is 3. The molecule has 1 aliphatic heterocycles. The van der Waals surface area contributed by atoms with Gasteiger partial charge in [-0.25, -0.2) is 0 Å². The first-order valence-corrected chi connectivity index (χ1v) is 18.7. The molecule has 4 aromatic rings. The van der Waals surface area contributed by atoms with Crippen LogP contribution in [0.4, 0.5) is 0 Å². The summed E-state index contributed by atoms with van der Waals surface area (Å²) in [5, 5.41) is 49.2. The molecule has 292 valence electrons. The van der Waals surface area contributed by atoms with Crippen molar-refractivity contribution in [3.8, 4) is 34.4 Å². The maximum atomic E-state index is 12.2. The molecule has 0 aliphatic carbocycles. The molecule has 12 nitrogen and oxygen atoms in total. The van der Waals surface area contributed by atoms with Crippen LogP contribution in [0.25, 0.3) is 11.1 Å². The summed E-state index contributed by atoms with van der Waals surface area (Å²) in [4.78, 5) is 20.0. The normalized spacial score (nSPS) is 15.4. The van der Waals surface area contributed by atoms with E-state index < -0.39 is 18.1 Å². The number of halogens is 1. The lowest BCUT2D eigenvalue weighted by Gasteiger charge is -2.36. The van der Waals surface area contributed by atoms with E-state index in [-0.39, 0.29) is 44.0 Å². The Bertz CT molecular complexity index is 1990. The number of nitriles is 1. The molecule has 0 saturated carbocycles. The highest BCUT2D eigenvalue weighted by molar-refractivity contribution is 6.32. The van der Waals surface area contributed by atoms with E-state index in [0.29, 0.717) is 34.8 Å². The van der Waals surface area contributed by atoms with Crippen molar-refractivity contribution in [3.05, 3.63) is 105 Å².